The highest BCUT2D eigenvalue weighted by Gasteiger charge is 2.30. The van der Waals surface area contributed by atoms with Crippen molar-refractivity contribution < 1.29 is 8.42 Å². The van der Waals surface area contributed by atoms with Crippen LogP contribution in [0.1, 0.15) is 53.4 Å². The van der Waals surface area contributed by atoms with Crippen LogP contribution in [0, 0.1) is 11.8 Å². The van der Waals surface area contributed by atoms with Crippen molar-refractivity contribution in [3.05, 3.63) is 0 Å². The monoisotopic (exact) mass is 290 g/mol. The lowest BCUT2D eigenvalue weighted by Gasteiger charge is -2.34. The lowest BCUT2D eigenvalue weighted by molar-refractivity contribution is 0.226. The van der Waals surface area contributed by atoms with Crippen LogP contribution in [0.3, 0.4) is 0 Å². The minimum atomic E-state index is -3.16. The summed E-state index contributed by atoms with van der Waals surface area (Å²) in [6, 6.07) is 0.464. The molecule has 2 unspecified atom stereocenters. The summed E-state index contributed by atoms with van der Waals surface area (Å²) in [5.41, 5.74) is 0. The van der Waals surface area contributed by atoms with Crippen LogP contribution in [0.5, 0.6) is 0 Å². The fourth-order valence-corrected chi connectivity index (χ4v) is 4.13. The van der Waals surface area contributed by atoms with Gasteiger partial charge in [-0.25, -0.2) is 13.1 Å². The molecular formula is C14H30N2O2S. The van der Waals surface area contributed by atoms with Crippen molar-refractivity contribution in [3.63, 3.8) is 0 Å². The second kappa shape index (κ2) is 7.60. The molecule has 0 amide bonds. The van der Waals surface area contributed by atoms with Gasteiger partial charge in [-0.1, -0.05) is 40.5 Å². The predicted molar refractivity (Wildman–Crippen MR) is 80.6 cm³/mol. The highest BCUT2D eigenvalue weighted by molar-refractivity contribution is 7.89. The van der Waals surface area contributed by atoms with E-state index in [0.717, 1.165) is 19.3 Å². The molecule has 2 atom stereocenters. The van der Waals surface area contributed by atoms with Crippen molar-refractivity contribution in [3.8, 4) is 0 Å². The Morgan fingerprint density at radius 3 is 2.32 bits per heavy atom. The van der Waals surface area contributed by atoms with Gasteiger partial charge in [0.15, 0.2) is 0 Å². The largest absolute Gasteiger partial charge is 0.313 e. The third-order valence-electron chi connectivity index (χ3n) is 3.93. The molecule has 0 aromatic heterocycles. The maximum absolute atomic E-state index is 12.1. The molecule has 114 valence electrons. The normalized spacial score (nSPS) is 25.2. The molecule has 0 heterocycles. The fraction of sp³-hybridized carbons (Fsp3) is 1.00. The molecule has 1 aliphatic rings. The third kappa shape index (κ3) is 6.23. The Labute approximate surface area is 118 Å². The number of sulfonamides is 1. The summed E-state index contributed by atoms with van der Waals surface area (Å²) in [6.45, 7) is 8.95. The lowest BCUT2D eigenvalue weighted by Crippen LogP contribution is -2.46. The standard InChI is InChI=1S/C14H30N2O2S/c1-11(2)13-7-5-6-8-14(13)16-19(17,18)10-9-15-12(3)4/h11-16H,5-10H2,1-4H3. The lowest BCUT2D eigenvalue weighted by atomic mass is 9.78. The highest BCUT2D eigenvalue weighted by Crippen LogP contribution is 2.30. The molecule has 0 spiro atoms. The second-order valence-electron chi connectivity index (χ2n) is 6.34. The van der Waals surface area contributed by atoms with Gasteiger partial charge in [-0.3, -0.25) is 0 Å². The molecule has 0 bridgehead atoms. The molecule has 0 aliphatic heterocycles. The van der Waals surface area contributed by atoms with Gasteiger partial charge in [-0.15, -0.1) is 0 Å². The summed E-state index contributed by atoms with van der Waals surface area (Å²) in [7, 11) is -3.16. The van der Waals surface area contributed by atoms with Gasteiger partial charge in [0.05, 0.1) is 5.75 Å². The average molecular weight is 290 g/mol. The maximum Gasteiger partial charge on any atom is 0.213 e. The molecule has 5 heteroatoms. The van der Waals surface area contributed by atoms with Crippen LogP contribution < -0.4 is 10.0 Å². The quantitative estimate of drug-likeness (QED) is 0.755. The zero-order valence-electron chi connectivity index (χ0n) is 12.8. The van der Waals surface area contributed by atoms with Crippen molar-refractivity contribution in [1.82, 2.24) is 10.0 Å². The van der Waals surface area contributed by atoms with E-state index in [0.29, 0.717) is 24.4 Å². The Balaban J connectivity index is 2.50. The van der Waals surface area contributed by atoms with Crippen LogP contribution in [-0.4, -0.2) is 32.8 Å². The first-order valence-corrected chi connectivity index (χ1v) is 9.20. The Hall–Kier alpha value is -0.130. The molecule has 1 saturated carbocycles. The van der Waals surface area contributed by atoms with Crippen molar-refractivity contribution >= 4 is 10.0 Å². The van der Waals surface area contributed by atoms with Crippen LogP contribution in [0.2, 0.25) is 0 Å². The van der Waals surface area contributed by atoms with Gasteiger partial charge in [0, 0.05) is 18.6 Å². The van der Waals surface area contributed by atoms with Crippen LogP contribution in [0.15, 0.2) is 0 Å². The van der Waals surface area contributed by atoms with E-state index in [2.05, 4.69) is 23.9 Å². The summed E-state index contributed by atoms with van der Waals surface area (Å²) in [5.74, 6) is 1.20. The molecule has 0 radical (unpaired) electrons. The number of rotatable bonds is 7. The van der Waals surface area contributed by atoms with Crippen LogP contribution in [-0.2, 0) is 10.0 Å². The molecule has 19 heavy (non-hydrogen) atoms. The zero-order chi connectivity index (χ0) is 14.5. The molecule has 1 fully saturated rings. The number of hydrogen-bond acceptors (Lipinski definition) is 3. The van der Waals surface area contributed by atoms with Gasteiger partial charge in [-0.05, 0) is 24.7 Å². The van der Waals surface area contributed by atoms with Gasteiger partial charge >= 0.3 is 0 Å². The summed E-state index contributed by atoms with van der Waals surface area (Å²) >= 11 is 0. The highest BCUT2D eigenvalue weighted by atomic mass is 32.2. The fourth-order valence-electron chi connectivity index (χ4n) is 2.88. The van der Waals surface area contributed by atoms with Crippen LogP contribution >= 0.6 is 0 Å². The van der Waals surface area contributed by atoms with Gasteiger partial charge in [0.2, 0.25) is 10.0 Å². The van der Waals surface area contributed by atoms with Gasteiger partial charge in [-0.2, -0.15) is 0 Å². The van der Waals surface area contributed by atoms with E-state index in [1.165, 1.54) is 6.42 Å². The van der Waals surface area contributed by atoms with Crippen molar-refractivity contribution in [2.24, 2.45) is 11.8 Å². The summed E-state index contributed by atoms with van der Waals surface area (Å²) < 4.78 is 27.1. The van der Waals surface area contributed by atoms with Gasteiger partial charge in [0.1, 0.15) is 0 Å². The first-order valence-electron chi connectivity index (χ1n) is 7.55. The minimum Gasteiger partial charge on any atom is -0.313 e. The van der Waals surface area contributed by atoms with Crippen LogP contribution in [0.25, 0.3) is 0 Å². The first kappa shape index (κ1) is 16.9. The van der Waals surface area contributed by atoms with E-state index in [-0.39, 0.29) is 11.8 Å². The smallest absolute Gasteiger partial charge is 0.213 e. The molecular weight excluding hydrogens is 260 g/mol. The van der Waals surface area contributed by atoms with Gasteiger partial charge in [0.25, 0.3) is 0 Å². The van der Waals surface area contributed by atoms with E-state index < -0.39 is 10.0 Å². The number of nitrogens with one attached hydrogen (secondary N) is 2. The van der Waals surface area contributed by atoms with E-state index in [4.69, 9.17) is 0 Å². The van der Waals surface area contributed by atoms with Gasteiger partial charge < -0.3 is 5.32 Å². The van der Waals surface area contributed by atoms with E-state index in [1.54, 1.807) is 0 Å². The molecule has 0 saturated heterocycles. The Morgan fingerprint density at radius 1 is 1.11 bits per heavy atom. The summed E-state index contributed by atoms with van der Waals surface area (Å²) in [6.07, 6.45) is 4.51. The molecule has 4 nitrogen and oxygen atoms in total. The SMILES string of the molecule is CC(C)NCCS(=O)(=O)NC1CCCCC1C(C)C. The first-order chi connectivity index (χ1) is 8.82. The summed E-state index contributed by atoms with van der Waals surface area (Å²) in [5, 5.41) is 3.15. The Morgan fingerprint density at radius 2 is 1.74 bits per heavy atom. The molecule has 1 rings (SSSR count). The second-order valence-corrected chi connectivity index (χ2v) is 8.22. The van der Waals surface area contributed by atoms with Crippen LogP contribution in [0.4, 0.5) is 0 Å². The molecule has 2 N–H and O–H groups in total. The molecule has 0 aromatic carbocycles. The van der Waals surface area contributed by atoms with E-state index in [1.807, 2.05) is 13.8 Å². The minimum absolute atomic E-state index is 0.137. The molecule has 1 aliphatic carbocycles. The number of hydrogen-bond donors (Lipinski definition) is 2. The predicted octanol–water partition coefficient (Wildman–Crippen LogP) is 2.12. The van der Waals surface area contributed by atoms with Crippen molar-refractivity contribution in [2.75, 3.05) is 12.3 Å². The van der Waals surface area contributed by atoms with E-state index >= 15 is 0 Å². The third-order valence-corrected chi connectivity index (χ3v) is 5.33. The Kier molecular flexibility index (Phi) is 6.77. The summed E-state index contributed by atoms with van der Waals surface area (Å²) in [4.78, 5) is 0. The van der Waals surface area contributed by atoms with E-state index in [9.17, 15) is 8.42 Å². The average Bonchev–Trinajstić information content (AvgIpc) is 2.27. The molecule has 0 aromatic rings. The Bertz CT molecular complexity index is 352. The van der Waals surface area contributed by atoms with Crippen molar-refractivity contribution in [1.29, 1.82) is 0 Å². The van der Waals surface area contributed by atoms with Crippen molar-refractivity contribution in [2.45, 2.75) is 65.5 Å². The maximum atomic E-state index is 12.1. The zero-order valence-corrected chi connectivity index (χ0v) is 13.6. The topological polar surface area (TPSA) is 58.2 Å².